The molecule has 0 aliphatic heterocycles. The standard InChI is InChI=1S/C23H34N4O/c1-3-5-7-9-17-26-19-15-24-22(26)13-11-21(28)12-14-23-25-16-20-27(23)18-10-8-6-4-2/h11-16,19-20H,3-10,17-18H2,1-2H3/b13-11+,14-12+. The fourth-order valence-corrected chi connectivity index (χ4v) is 3.12. The molecule has 0 aromatic carbocycles. The van der Waals surface area contributed by atoms with Crippen LogP contribution in [0.5, 0.6) is 0 Å². The minimum atomic E-state index is -0.0546. The van der Waals surface area contributed by atoms with Crippen LogP contribution in [0.15, 0.2) is 36.9 Å². The van der Waals surface area contributed by atoms with Crippen LogP contribution in [0.2, 0.25) is 0 Å². The summed E-state index contributed by atoms with van der Waals surface area (Å²) in [5, 5.41) is 0. The lowest BCUT2D eigenvalue weighted by Crippen LogP contribution is -2.00. The topological polar surface area (TPSA) is 52.7 Å². The number of carbonyl (C=O) groups excluding carboxylic acids is 1. The van der Waals surface area contributed by atoms with Crippen LogP contribution in [-0.4, -0.2) is 24.9 Å². The van der Waals surface area contributed by atoms with Crippen LogP contribution in [0.25, 0.3) is 12.2 Å². The molecule has 2 aromatic heterocycles. The summed E-state index contributed by atoms with van der Waals surface area (Å²) in [5.74, 6) is 1.60. The van der Waals surface area contributed by atoms with E-state index in [0.29, 0.717) is 0 Å². The van der Waals surface area contributed by atoms with Crippen molar-refractivity contribution in [1.29, 1.82) is 0 Å². The van der Waals surface area contributed by atoms with Crippen LogP contribution in [0.4, 0.5) is 0 Å². The second kappa shape index (κ2) is 12.9. The Labute approximate surface area is 169 Å². The Morgan fingerprint density at radius 1 is 0.786 bits per heavy atom. The van der Waals surface area contributed by atoms with Gasteiger partial charge in [-0.15, -0.1) is 0 Å². The van der Waals surface area contributed by atoms with Gasteiger partial charge in [-0.1, -0.05) is 52.4 Å². The molecule has 2 heterocycles. The minimum Gasteiger partial charge on any atom is -0.331 e. The number of carbonyl (C=O) groups is 1. The first kappa shape index (κ1) is 21.9. The van der Waals surface area contributed by atoms with Crippen molar-refractivity contribution in [2.45, 2.75) is 78.3 Å². The second-order valence-electron chi connectivity index (χ2n) is 7.15. The number of imidazole rings is 2. The summed E-state index contributed by atoms with van der Waals surface area (Å²) in [6.07, 6.45) is 24.0. The summed E-state index contributed by atoms with van der Waals surface area (Å²) in [4.78, 5) is 20.9. The van der Waals surface area contributed by atoms with E-state index in [9.17, 15) is 4.79 Å². The molecule has 2 rings (SSSR count). The highest BCUT2D eigenvalue weighted by Crippen LogP contribution is 2.08. The van der Waals surface area contributed by atoms with Crippen molar-refractivity contribution in [2.75, 3.05) is 0 Å². The van der Waals surface area contributed by atoms with E-state index >= 15 is 0 Å². The normalized spacial score (nSPS) is 11.8. The Kier molecular flexibility index (Phi) is 10.0. The van der Waals surface area contributed by atoms with Crippen molar-refractivity contribution >= 4 is 17.9 Å². The van der Waals surface area contributed by atoms with Gasteiger partial charge in [0.05, 0.1) is 0 Å². The fourth-order valence-electron chi connectivity index (χ4n) is 3.12. The molecule has 0 unspecified atom stereocenters. The van der Waals surface area contributed by atoms with Gasteiger partial charge in [-0.3, -0.25) is 4.79 Å². The van der Waals surface area contributed by atoms with E-state index < -0.39 is 0 Å². The lowest BCUT2D eigenvalue weighted by Gasteiger charge is -2.04. The average Bonchev–Trinajstić information content (AvgIpc) is 3.34. The van der Waals surface area contributed by atoms with E-state index in [2.05, 4.69) is 32.9 Å². The number of nitrogens with zero attached hydrogens (tertiary/aromatic N) is 4. The number of hydrogen-bond donors (Lipinski definition) is 0. The predicted molar refractivity (Wildman–Crippen MR) is 116 cm³/mol. The van der Waals surface area contributed by atoms with Crippen LogP contribution < -0.4 is 0 Å². The number of hydrogen-bond acceptors (Lipinski definition) is 3. The van der Waals surface area contributed by atoms with Gasteiger partial charge in [0.2, 0.25) is 0 Å². The molecule has 0 atom stereocenters. The maximum atomic E-state index is 12.2. The molecular weight excluding hydrogens is 348 g/mol. The van der Waals surface area contributed by atoms with Gasteiger partial charge < -0.3 is 9.13 Å². The van der Waals surface area contributed by atoms with Crippen LogP contribution in [0.1, 0.15) is 76.9 Å². The molecule has 0 saturated carbocycles. The van der Waals surface area contributed by atoms with E-state index in [1.165, 1.54) is 38.5 Å². The summed E-state index contributed by atoms with van der Waals surface area (Å²) in [6.45, 7) is 6.31. The molecule has 5 heteroatoms. The zero-order chi connectivity index (χ0) is 20.0. The molecule has 0 N–H and O–H groups in total. The van der Waals surface area contributed by atoms with E-state index in [1.54, 1.807) is 36.7 Å². The summed E-state index contributed by atoms with van der Waals surface area (Å²) in [6, 6.07) is 0. The lowest BCUT2D eigenvalue weighted by molar-refractivity contribution is -0.110. The third kappa shape index (κ3) is 7.67. The zero-order valence-corrected chi connectivity index (χ0v) is 17.4. The van der Waals surface area contributed by atoms with Crippen molar-refractivity contribution in [3.8, 4) is 0 Å². The molecule has 5 nitrogen and oxygen atoms in total. The fraction of sp³-hybridized carbons (Fsp3) is 0.522. The van der Waals surface area contributed by atoms with Gasteiger partial charge in [0.15, 0.2) is 5.78 Å². The Hall–Kier alpha value is -2.43. The van der Waals surface area contributed by atoms with Crippen molar-refractivity contribution in [3.63, 3.8) is 0 Å². The van der Waals surface area contributed by atoms with Gasteiger partial charge in [-0.05, 0) is 37.1 Å². The van der Waals surface area contributed by atoms with Gasteiger partial charge in [0, 0.05) is 37.9 Å². The zero-order valence-electron chi connectivity index (χ0n) is 17.4. The number of allylic oxidation sites excluding steroid dienone is 2. The van der Waals surface area contributed by atoms with Crippen LogP contribution in [0, 0.1) is 0 Å². The van der Waals surface area contributed by atoms with Gasteiger partial charge in [-0.2, -0.15) is 0 Å². The summed E-state index contributed by atoms with van der Waals surface area (Å²) in [5.41, 5.74) is 0. The van der Waals surface area contributed by atoms with Crippen molar-refractivity contribution in [1.82, 2.24) is 19.1 Å². The maximum Gasteiger partial charge on any atom is 0.178 e. The highest BCUT2D eigenvalue weighted by Gasteiger charge is 2.01. The summed E-state index contributed by atoms with van der Waals surface area (Å²) < 4.78 is 4.21. The molecule has 0 amide bonds. The Morgan fingerprint density at radius 3 is 1.68 bits per heavy atom. The number of unbranched alkanes of at least 4 members (excludes halogenated alkanes) is 6. The highest BCUT2D eigenvalue weighted by atomic mass is 16.1. The molecule has 28 heavy (non-hydrogen) atoms. The van der Waals surface area contributed by atoms with Gasteiger partial charge in [-0.25, -0.2) is 9.97 Å². The number of ketones is 1. The molecule has 0 radical (unpaired) electrons. The number of aryl methyl sites for hydroxylation is 2. The summed E-state index contributed by atoms with van der Waals surface area (Å²) >= 11 is 0. The first-order valence-electron chi connectivity index (χ1n) is 10.7. The molecule has 0 aliphatic carbocycles. The Balaban J connectivity index is 1.85. The van der Waals surface area contributed by atoms with Crippen LogP contribution >= 0.6 is 0 Å². The Morgan fingerprint density at radius 2 is 1.25 bits per heavy atom. The van der Waals surface area contributed by atoms with Crippen LogP contribution in [-0.2, 0) is 17.9 Å². The SMILES string of the molecule is CCCCCCn1ccnc1/C=C/C(=O)/C=C/c1nccn1CCCCCC. The van der Waals surface area contributed by atoms with Gasteiger partial charge >= 0.3 is 0 Å². The first-order chi connectivity index (χ1) is 13.7. The summed E-state index contributed by atoms with van der Waals surface area (Å²) in [7, 11) is 0. The second-order valence-corrected chi connectivity index (χ2v) is 7.15. The third-order valence-electron chi connectivity index (χ3n) is 4.79. The van der Waals surface area contributed by atoms with Crippen molar-refractivity contribution in [3.05, 3.63) is 48.6 Å². The van der Waals surface area contributed by atoms with Crippen molar-refractivity contribution in [2.24, 2.45) is 0 Å². The highest BCUT2D eigenvalue weighted by molar-refractivity contribution is 6.04. The molecule has 0 spiro atoms. The molecule has 0 aliphatic rings. The number of aromatic nitrogens is 4. The monoisotopic (exact) mass is 382 g/mol. The largest absolute Gasteiger partial charge is 0.331 e. The molecule has 0 saturated heterocycles. The Bertz CT molecular complexity index is 692. The van der Waals surface area contributed by atoms with Crippen LogP contribution in [0.3, 0.4) is 0 Å². The van der Waals surface area contributed by atoms with Crippen molar-refractivity contribution < 1.29 is 4.79 Å². The third-order valence-corrected chi connectivity index (χ3v) is 4.79. The van der Waals surface area contributed by atoms with E-state index in [1.807, 2.05) is 12.4 Å². The quantitative estimate of drug-likeness (QED) is 0.318. The molecule has 152 valence electrons. The predicted octanol–water partition coefficient (Wildman–Crippen LogP) is 5.54. The molecule has 0 bridgehead atoms. The van der Waals surface area contributed by atoms with Gasteiger partial charge in [0.25, 0.3) is 0 Å². The molecule has 2 aromatic rings. The van der Waals surface area contributed by atoms with E-state index in [0.717, 1.165) is 37.6 Å². The lowest BCUT2D eigenvalue weighted by atomic mass is 10.2. The van der Waals surface area contributed by atoms with Gasteiger partial charge in [0.1, 0.15) is 11.6 Å². The average molecular weight is 383 g/mol. The van der Waals surface area contributed by atoms with E-state index in [-0.39, 0.29) is 5.78 Å². The maximum absolute atomic E-state index is 12.2. The smallest absolute Gasteiger partial charge is 0.178 e. The molecular formula is C23H34N4O. The minimum absolute atomic E-state index is 0.0546. The number of rotatable bonds is 14. The van der Waals surface area contributed by atoms with E-state index in [4.69, 9.17) is 0 Å². The molecule has 0 fully saturated rings. The first-order valence-corrected chi connectivity index (χ1v) is 10.7.